The first-order valence-electron chi connectivity index (χ1n) is 6.80. The van der Waals surface area contributed by atoms with Gasteiger partial charge in [0.15, 0.2) is 0 Å². The van der Waals surface area contributed by atoms with Crippen LogP contribution in [0.25, 0.3) is 0 Å². The Balaban J connectivity index is 2.07. The normalized spacial score (nSPS) is 20.9. The molecule has 0 aliphatic carbocycles. The Kier molecular flexibility index (Phi) is 4.57. The summed E-state index contributed by atoms with van der Waals surface area (Å²) in [6, 6.07) is 2.08. The Labute approximate surface area is 119 Å². The van der Waals surface area contributed by atoms with E-state index in [0.717, 1.165) is 25.2 Å². The van der Waals surface area contributed by atoms with E-state index < -0.39 is 5.97 Å². The fourth-order valence-corrected chi connectivity index (χ4v) is 2.50. The first-order chi connectivity index (χ1) is 9.49. The molecule has 20 heavy (non-hydrogen) atoms. The molecule has 1 saturated heterocycles. The fraction of sp³-hybridized carbons (Fsp3) is 0.571. The minimum atomic E-state index is -0.938. The van der Waals surface area contributed by atoms with Gasteiger partial charge >= 0.3 is 5.97 Å². The number of aromatic carboxylic acids is 1. The van der Waals surface area contributed by atoms with Gasteiger partial charge in [0.1, 0.15) is 11.4 Å². The summed E-state index contributed by atoms with van der Waals surface area (Å²) >= 11 is 0. The predicted molar refractivity (Wildman–Crippen MR) is 78.3 cm³/mol. The van der Waals surface area contributed by atoms with Crippen molar-refractivity contribution in [3.8, 4) is 0 Å². The van der Waals surface area contributed by atoms with Crippen molar-refractivity contribution in [2.75, 3.05) is 45.6 Å². The van der Waals surface area contributed by atoms with Gasteiger partial charge in [0.2, 0.25) is 0 Å². The molecule has 1 aliphatic rings. The van der Waals surface area contributed by atoms with E-state index in [1.165, 1.54) is 0 Å². The van der Waals surface area contributed by atoms with Crippen molar-refractivity contribution in [1.29, 1.82) is 0 Å². The first-order valence-corrected chi connectivity index (χ1v) is 6.80. The average Bonchev–Trinajstić information content (AvgIpc) is 2.39. The monoisotopic (exact) mass is 278 g/mol. The van der Waals surface area contributed by atoms with Crippen molar-refractivity contribution in [2.24, 2.45) is 0 Å². The zero-order valence-electron chi connectivity index (χ0n) is 12.3. The smallest absolute Gasteiger partial charge is 0.339 e. The molecule has 0 aromatic carbocycles. The quantitative estimate of drug-likeness (QED) is 0.847. The van der Waals surface area contributed by atoms with Gasteiger partial charge in [0.05, 0.1) is 0 Å². The van der Waals surface area contributed by atoms with Crippen molar-refractivity contribution in [2.45, 2.75) is 13.0 Å². The molecule has 1 aromatic rings. The number of aryl methyl sites for hydroxylation is 1. The summed E-state index contributed by atoms with van der Waals surface area (Å²) in [5.74, 6) is -0.480. The van der Waals surface area contributed by atoms with Gasteiger partial charge < -0.3 is 15.3 Å². The number of aromatic nitrogens is 1. The molecular weight excluding hydrogens is 256 g/mol. The summed E-state index contributed by atoms with van der Waals surface area (Å²) in [5.41, 5.74) is 0.989. The van der Waals surface area contributed by atoms with Crippen molar-refractivity contribution >= 4 is 11.8 Å². The van der Waals surface area contributed by atoms with Crippen molar-refractivity contribution in [3.63, 3.8) is 0 Å². The van der Waals surface area contributed by atoms with Gasteiger partial charge in [-0.3, -0.25) is 4.90 Å². The van der Waals surface area contributed by atoms with Gasteiger partial charge in [-0.15, -0.1) is 0 Å². The number of carbonyl (C=O) groups is 1. The molecule has 0 spiro atoms. The molecule has 2 rings (SSSR count). The zero-order valence-corrected chi connectivity index (χ0v) is 12.3. The minimum absolute atomic E-state index is 0.263. The molecule has 2 heterocycles. The molecule has 1 fully saturated rings. The van der Waals surface area contributed by atoms with Crippen LogP contribution < -0.4 is 5.32 Å². The molecule has 0 radical (unpaired) electrons. The van der Waals surface area contributed by atoms with Gasteiger partial charge in [0.25, 0.3) is 0 Å². The second-order valence-electron chi connectivity index (χ2n) is 5.43. The lowest BCUT2D eigenvalue weighted by atomic mass is 10.1. The number of nitrogens with one attached hydrogen (secondary N) is 1. The maximum atomic E-state index is 11.3. The van der Waals surface area contributed by atoms with Crippen LogP contribution in [-0.2, 0) is 0 Å². The third-order valence-electron chi connectivity index (χ3n) is 3.86. The molecule has 0 amide bonds. The molecule has 2 N–H and O–H groups in total. The van der Waals surface area contributed by atoms with Gasteiger partial charge in [-0.1, -0.05) is 0 Å². The van der Waals surface area contributed by atoms with Crippen LogP contribution in [0.4, 0.5) is 5.82 Å². The predicted octanol–water partition coefficient (Wildman–Crippen LogP) is 0.746. The fourth-order valence-electron chi connectivity index (χ4n) is 2.50. The Hall–Kier alpha value is -1.66. The van der Waals surface area contributed by atoms with Crippen LogP contribution in [0.5, 0.6) is 0 Å². The van der Waals surface area contributed by atoms with Crippen LogP contribution in [-0.4, -0.2) is 72.2 Å². The number of likely N-dealkylation sites (N-methyl/N-ethyl adjacent to an activating group) is 2. The second kappa shape index (κ2) is 6.19. The first kappa shape index (κ1) is 14.7. The molecule has 6 heteroatoms. The van der Waals surface area contributed by atoms with E-state index in [9.17, 15) is 9.90 Å². The third kappa shape index (κ3) is 3.26. The highest BCUT2D eigenvalue weighted by atomic mass is 16.4. The number of hydrogen-bond donors (Lipinski definition) is 2. The summed E-state index contributed by atoms with van der Waals surface area (Å²) in [5, 5.41) is 12.5. The Bertz CT molecular complexity index is 492. The van der Waals surface area contributed by atoms with Crippen LogP contribution in [0.3, 0.4) is 0 Å². The van der Waals surface area contributed by atoms with Crippen LogP contribution in [0.2, 0.25) is 0 Å². The molecule has 0 bridgehead atoms. The SMILES string of the molecule is Cc1ccnc(NCC2CN(C)CCN2C)c1C(=O)O. The second-order valence-corrected chi connectivity index (χ2v) is 5.43. The van der Waals surface area contributed by atoms with Crippen LogP contribution in [0.15, 0.2) is 12.3 Å². The highest BCUT2D eigenvalue weighted by Gasteiger charge is 2.23. The van der Waals surface area contributed by atoms with E-state index in [2.05, 4.69) is 34.2 Å². The van der Waals surface area contributed by atoms with Gasteiger partial charge in [-0.25, -0.2) is 9.78 Å². The van der Waals surface area contributed by atoms with Gasteiger partial charge in [-0.05, 0) is 32.6 Å². The Morgan fingerprint density at radius 1 is 1.50 bits per heavy atom. The number of hydrogen-bond acceptors (Lipinski definition) is 5. The molecule has 1 atom stereocenters. The number of carboxylic acids is 1. The minimum Gasteiger partial charge on any atom is -0.478 e. The van der Waals surface area contributed by atoms with Crippen molar-refractivity contribution < 1.29 is 9.90 Å². The topological polar surface area (TPSA) is 68.7 Å². The van der Waals surface area contributed by atoms with Crippen molar-refractivity contribution in [3.05, 3.63) is 23.4 Å². The zero-order chi connectivity index (χ0) is 14.7. The van der Waals surface area contributed by atoms with E-state index in [1.807, 2.05) is 0 Å². The standard InChI is InChI=1S/C14H22N4O2/c1-10-4-5-15-13(12(10)14(19)20)16-8-11-9-17(2)6-7-18(11)3/h4-5,11H,6-9H2,1-3H3,(H,15,16)(H,19,20). The summed E-state index contributed by atoms with van der Waals surface area (Å²) in [7, 11) is 4.20. The molecule has 6 nitrogen and oxygen atoms in total. The average molecular weight is 278 g/mol. The van der Waals surface area contributed by atoms with E-state index in [1.54, 1.807) is 19.2 Å². The highest BCUT2D eigenvalue weighted by molar-refractivity contribution is 5.94. The maximum absolute atomic E-state index is 11.3. The Morgan fingerprint density at radius 3 is 2.95 bits per heavy atom. The lowest BCUT2D eigenvalue weighted by Gasteiger charge is -2.37. The third-order valence-corrected chi connectivity index (χ3v) is 3.86. The van der Waals surface area contributed by atoms with Crippen LogP contribution in [0.1, 0.15) is 15.9 Å². The maximum Gasteiger partial charge on any atom is 0.339 e. The lowest BCUT2D eigenvalue weighted by Crippen LogP contribution is -2.52. The van der Waals surface area contributed by atoms with Crippen LogP contribution >= 0.6 is 0 Å². The van der Waals surface area contributed by atoms with E-state index in [4.69, 9.17) is 0 Å². The largest absolute Gasteiger partial charge is 0.478 e. The number of nitrogens with zero attached hydrogens (tertiary/aromatic N) is 3. The summed E-state index contributed by atoms with van der Waals surface area (Å²) < 4.78 is 0. The molecule has 1 aliphatic heterocycles. The molecule has 1 unspecified atom stereocenters. The molecule has 1 aromatic heterocycles. The van der Waals surface area contributed by atoms with Crippen LogP contribution in [0, 0.1) is 6.92 Å². The summed E-state index contributed by atoms with van der Waals surface area (Å²) in [6.07, 6.45) is 1.64. The molecule has 110 valence electrons. The Morgan fingerprint density at radius 2 is 2.25 bits per heavy atom. The van der Waals surface area contributed by atoms with Gasteiger partial charge in [-0.2, -0.15) is 0 Å². The number of piperazine rings is 1. The molecule has 0 saturated carbocycles. The summed E-state index contributed by atoms with van der Waals surface area (Å²) in [6.45, 7) is 5.54. The molecular formula is C14H22N4O2. The van der Waals surface area contributed by atoms with E-state index in [-0.39, 0.29) is 5.56 Å². The number of pyridine rings is 1. The van der Waals surface area contributed by atoms with E-state index in [0.29, 0.717) is 18.4 Å². The number of rotatable bonds is 4. The summed E-state index contributed by atoms with van der Waals surface area (Å²) in [4.78, 5) is 20.1. The number of anilines is 1. The lowest BCUT2D eigenvalue weighted by molar-refractivity contribution is 0.0696. The van der Waals surface area contributed by atoms with E-state index >= 15 is 0 Å². The van der Waals surface area contributed by atoms with Crippen molar-refractivity contribution in [1.82, 2.24) is 14.8 Å². The number of carboxylic acid groups (broad SMARTS) is 1. The highest BCUT2D eigenvalue weighted by Crippen LogP contribution is 2.17. The van der Waals surface area contributed by atoms with Gasteiger partial charge in [0, 0.05) is 38.4 Å².